The predicted molar refractivity (Wildman–Crippen MR) is 87.0 cm³/mol. The number of amides is 2. The van der Waals surface area contributed by atoms with Crippen molar-refractivity contribution in [1.29, 1.82) is 0 Å². The molecule has 0 aromatic heterocycles. The van der Waals surface area contributed by atoms with Gasteiger partial charge in [-0.3, -0.25) is 4.90 Å². The molecule has 4 rings (SSSR count). The molecule has 1 aliphatic carbocycles. The third kappa shape index (κ3) is 2.10. The van der Waals surface area contributed by atoms with Gasteiger partial charge in [-0.15, -0.1) is 0 Å². The van der Waals surface area contributed by atoms with Crippen LogP contribution in [0.15, 0.2) is 23.2 Å². The maximum Gasteiger partial charge on any atom is 0.346 e. The van der Waals surface area contributed by atoms with Crippen molar-refractivity contribution in [2.45, 2.75) is 38.8 Å². The van der Waals surface area contributed by atoms with E-state index < -0.39 is 5.72 Å². The van der Waals surface area contributed by atoms with Crippen molar-refractivity contribution >= 4 is 11.7 Å². The van der Waals surface area contributed by atoms with Crippen LogP contribution in [0.3, 0.4) is 0 Å². The van der Waals surface area contributed by atoms with Crippen molar-refractivity contribution in [1.82, 2.24) is 4.90 Å². The second-order valence-corrected chi connectivity index (χ2v) is 6.52. The molecule has 0 saturated heterocycles. The van der Waals surface area contributed by atoms with Crippen molar-refractivity contribution in [2.24, 2.45) is 10.9 Å². The number of aryl methyl sites for hydroxylation is 1. The first-order chi connectivity index (χ1) is 11.2. The Labute approximate surface area is 136 Å². The highest BCUT2D eigenvalue weighted by molar-refractivity contribution is 6.12. The normalized spacial score (nSPS) is 28.1. The Bertz CT molecular complexity index is 685. The van der Waals surface area contributed by atoms with Crippen molar-refractivity contribution < 1.29 is 14.3 Å². The van der Waals surface area contributed by atoms with Gasteiger partial charge in [0.05, 0.1) is 18.2 Å². The fourth-order valence-corrected chi connectivity index (χ4v) is 4.17. The van der Waals surface area contributed by atoms with Crippen molar-refractivity contribution in [3.05, 3.63) is 29.3 Å². The molecule has 2 bridgehead atoms. The van der Waals surface area contributed by atoms with Crippen LogP contribution in [0.2, 0.25) is 0 Å². The summed E-state index contributed by atoms with van der Waals surface area (Å²) >= 11 is 0. The van der Waals surface area contributed by atoms with Crippen molar-refractivity contribution in [3.8, 4) is 5.75 Å². The maximum atomic E-state index is 12.6. The first-order valence-electron chi connectivity index (χ1n) is 8.43. The van der Waals surface area contributed by atoms with Gasteiger partial charge in [-0.2, -0.15) is 4.99 Å². The van der Waals surface area contributed by atoms with Gasteiger partial charge < -0.3 is 9.47 Å². The zero-order valence-electron chi connectivity index (χ0n) is 13.7. The van der Waals surface area contributed by atoms with E-state index in [1.165, 1.54) is 0 Å². The molecule has 2 atom stereocenters. The summed E-state index contributed by atoms with van der Waals surface area (Å²) < 4.78 is 11.9. The number of aliphatic imine (C=N–C) groups is 1. The van der Waals surface area contributed by atoms with Gasteiger partial charge in [-0.05, 0) is 38.8 Å². The van der Waals surface area contributed by atoms with Gasteiger partial charge in [0.2, 0.25) is 0 Å². The van der Waals surface area contributed by atoms with Gasteiger partial charge in [0.25, 0.3) is 0 Å². The average Bonchev–Trinajstić information content (AvgIpc) is 2.96. The summed E-state index contributed by atoms with van der Waals surface area (Å²) in [6, 6.07) is 5.95. The van der Waals surface area contributed by atoms with Crippen LogP contribution in [0.4, 0.5) is 4.79 Å². The number of hydrogen-bond donors (Lipinski definition) is 0. The van der Waals surface area contributed by atoms with Gasteiger partial charge in [0.1, 0.15) is 5.75 Å². The topological polar surface area (TPSA) is 51.1 Å². The second kappa shape index (κ2) is 5.34. The Morgan fingerprint density at radius 2 is 2.35 bits per heavy atom. The van der Waals surface area contributed by atoms with Crippen LogP contribution in [-0.2, 0) is 4.74 Å². The molecule has 2 aliphatic heterocycles. The highest BCUT2D eigenvalue weighted by Gasteiger charge is 2.59. The van der Waals surface area contributed by atoms with E-state index in [0.717, 1.165) is 41.9 Å². The minimum Gasteiger partial charge on any atom is -0.466 e. The van der Waals surface area contributed by atoms with Gasteiger partial charge >= 0.3 is 6.03 Å². The number of urea groups is 1. The van der Waals surface area contributed by atoms with Crippen LogP contribution in [0.25, 0.3) is 0 Å². The largest absolute Gasteiger partial charge is 0.466 e. The molecule has 0 radical (unpaired) electrons. The number of nitrogens with zero attached hydrogens (tertiary/aromatic N) is 2. The number of ether oxygens (including phenoxy) is 2. The first kappa shape index (κ1) is 14.7. The van der Waals surface area contributed by atoms with Gasteiger partial charge in [-0.25, -0.2) is 4.79 Å². The van der Waals surface area contributed by atoms with E-state index in [0.29, 0.717) is 19.8 Å². The molecule has 1 fully saturated rings. The quantitative estimate of drug-likeness (QED) is 0.802. The van der Waals surface area contributed by atoms with E-state index in [9.17, 15) is 4.79 Å². The molecular weight excluding hydrogens is 292 g/mol. The van der Waals surface area contributed by atoms with Crippen LogP contribution in [0, 0.1) is 12.8 Å². The molecule has 2 amide bonds. The zero-order valence-corrected chi connectivity index (χ0v) is 13.7. The van der Waals surface area contributed by atoms with Crippen LogP contribution in [-0.4, -0.2) is 42.1 Å². The lowest BCUT2D eigenvalue weighted by atomic mass is 9.83. The minimum absolute atomic E-state index is 0.177. The van der Waals surface area contributed by atoms with E-state index in [-0.39, 0.29) is 11.9 Å². The summed E-state index contributed by atoms with van der Waals surface area (Å²) in [7, 11) is 0. The first-order valence-corrected chi connectivity index (χ1v) is 8.43. The Hall–Kier alpha value is -1.88. The molecule has 1 aromatic carbocycles. The lowest BCUT2D eigenvalue weighted by Crippen LogP contribution is -2.64. The van der Waals surface area contributed by atoms with Crippen LogP contribution < -0.4 is 4.74 Å². The fraction of sp³-hybridized carbons (Fsp3) is 0.556. The molecule has 1 saturated carbocycles. The van der Waals surface area contributed by atoms with E-state index >= 15 is 0 Å². The smallest absolute Gasteiger partial charge is 0.346 e. The standard InChI is InChI=1S/C18H22N2O3/c1-3-22-10-9-20-17(21)19-16-13-11-12(2)6-7-15(13)23-18(20)8-4-5-14(16)18/h6-7,11,14H,3-5,8-10H2,1-2H3. The zero-order chi connectivity index (χ0) is 16.0. The van der Waals surface area contributed by atoms with Crippen LogP contribution >= 0.6 is 0 Å². The molecule has 2 heterocycles. The Morgan fingerprint density at radius 1 is 1.48 bits per heavy atom. The summed E-state index contributed by atoms with van der Waals surface area (Å²) in [4.78, 5) is 18.9. The molecular formula is C18H22N2O3. The number of hydrogen-bond acceptors (Lipinski definition) is 3. The van der Waals surface area contributed by atoms with E-state index in [4.69, 9.17) is 9.47 Å². The molecule has 122 valence electrons. The number of rotatable bonds is 4. The summed E-state index contributed by atoms with van der Waals surface area (Å²) in [5.74, 6) is 1.03. The van der Waals surface area contributed by atoms with Crippen LogP contribution in [0.5, 0.6) is 5.75 Å². The summed E-state index contributed by atoms with van der Waals surface area (Å²) in [5, 5.41) is 0. The third-order valence-electron chi connectivity index (χ3n) is 5.17. The number of benzene rings is 1. The van der Waals surface area contributed by atoms with Crippen molar-refractivity contribution in [3.63, 3.8) is 0 Å². The highest BCUT2D eigenvalue weighted by atomic mass is 16.5. The molecule has 2 unspecified atom stereocenters. The number of carbonyl (C=O) groups excluding carboxylic acids is 1. The van der Waals surface area contributed by atoms with E-state index in [1.54, 1.807) is 4.90 Å². The Kier molecular flexibility index (Phi) is 3.41. The maximum absolute atomic E-state index is 12.6. The summed E-state index contributed by atoms with van der Waals surface area (Å²) in [5.41, 5.74) is 2.51. The molecule has 1 aromatic rings. The van der Waals surface area contributed by atoms with Gasteiger partial charge in [0.15, 0.2) is 5.72 Å². The SMILES string of the molecule is CCOCCN1C(=O)N=C2c3cc(C)ccc3OC13CCCC23. The Balaban J connectivity index is 1.78. The van der Waals surface area contributed by atoms with Gasteiger partial charge in [0, 0.05) is 25.1 Å². The second-order valence-electron chi connectivity index (χ2n) is 6.52. The average molecular weight is 314 g/mol. The molecule has 5 nitrogen and oxygen atoms in total. The number of fused-ring (bicyclic) bond motifs is 2. The van der Waals surface area contributed by atoms with Crippen molar-refractivity contribution in [2.75, 3.05) is 19.8 Å². The highest BCUT2D eigenvalue weighted by Crippen LogP contribution is 2.51. The van der Waals surface area contributed by atoms with E-state index in [1.807, 2.05) is 19.1 Å². The van der Waals surface area contributed by atoms with Crippen LogP contribution in [0.1, 0.15) is 37.3 Å². The van der Waals surface area contributed by atoms with Gasteiger partial charge in [-0.1, -0.05) is 11.6 Å². The lowest BCUT2D eigenvalue weighted by Gasteiger charge is -2.50. The molecule has 0 spiro atoms. The third-order valence-corrected chi connectivity index (χ3v) is 5.17. The fourth-order valence-electron chi connectivity index (χ4n) is 4.17. The molecule has 0 N–H and O–H groups in total. The summed E-state index contributed by atoms with van der Waals surface area (Å²) in [6.07, 6.45) is 2.93. The lowest BCUT2D eigenvalue weighted by molar-refractivity contribution is -0.0843. The molecule has 23 heavy (non-hydrogen) atoms. The molecule has 5 heteroatoms. The summed E-state index contributed by atoms with van der Waals surface area (Å²) in [6.45, 7) is 5.71. The van der Waals surface area contributed by atoms with E-state index in [2.05, 4.69) is 18.0 Å². The monoisotopic (exact) mass is 314 g/mol. The Morgan fingerprint density at radius 3 is 3.17 bits per heavy atom. The minimum atomic E-state index is -0.562. The predicted octanol–water partition coefficient (Wildman–Crippen LogP) is 3.15. The molecule has 3 aliphatic rings. The number of carbonyl (C=O) groups is 1.